The van der Waals surface area contributed by atoms with Gasteiger partial charge in [-0.05, 0) is 54.2 Å². The van der Waals surface area contributed by atoms with Crippen molar-refractivity contribution in [2.75, 3.05) is 14.2 Å². The van der Waals surface area contributed by atoms with Crippen LogP contribution in [-0.4, -0.2) is 20.3 Å². The minimum Gasteiger partial charge on any atom is -0.493 e. The van der Waals surface area contributed by atoms with Gasteiger partial charge < -0.3 is 14.8 Å². The fraction of sp³-hybridized carbons (Fsp3) is 0.474. The van der Waals surface area contributed by atoms with Crippen molar-refractivity contribution in [1.29, 1.82) is 0 Å². The van der Waals surface area contributed by atoms with Crippen molar-refractivity contribution < 1.29 is 9.47 Å². The molecule has 2 heterocycles. The van der Waals surface area contributed by atoms with E-state index in [4.69, 9.17) is 9.47 Å². The molecular weight excluding hydrogens is 306 g/mol. The molecule has 2 atom stereocenters. The van der Waals surface area contributed by atoms with Crippen molar-refractivity contribution in [2.45, 2.75) is 44.7 Å². The van der Waals surface area contributed by atoms with Crippen LogP contribution >= 0.6 is 11.3 Å². The van der Waals surface area contributed by atoms with Gasteiger partial charge in [-0.3, -0.25) is 0 Å². The van der Waals surface area contributed by atoms with Crippen LogP contribution in [0.2, 0.25) is 0 Å². The molecule has 0 fully saturated rings. The van der Waals surface area contributed by atoms with Gasteiger partial charge in [0, 0.05) is 28.3 Å². The summed E-state index contributed by atoms with van der Waals surface area (Å²) in [6, 6.07) is 7.30. The Labute approximate surface area is 141 Å². The summed E-state index contributed by atoms with van der Waals surface area (Å²) >= 11 is 2.00. The van der Waals surface area contributed by atoms with Crippen LogP contribution in [0.4, 0.5) is 0 Å². The van der Waals surface area contributed by atoms with Crippen LogP contribution in [0, 0.1) is 0 Å². The van der Waals surface area contributed by atoms with E-state index in [0.717, 1.165) is 30.9 Å². The Bertz CT molecular complexity index is 737. The molecule has 3 nitrogen and oxygen atoms in total. The van der Waals surface area contributed by atoms with Crippen molar-refractivity contribution in [3.05, 3.63) is 44.6 Å². The number of ether oxygens (including phenoxy) is 2. The summed E-state index contributed by atoms with van der Waals surface area (Å²) < 4.78 is 11.0. The molecule has 4 rings (SSSR count). The average molecular weight is 329 g/mol. The fourth-order valence-electron chi connectivity index (χ4n) is 4.00. The first-order valence-corrected chi connectivity index (χ1v) is 9.16. The van der Waals surface area contributed by atoms with Gasteiger partial charge in [0.05, 0.1) is 14.2 Å². The minimum atomic E-state index is 0.451. The Hall–Kier alpha value is -1.52. The molecule has 1 aliphatic heterocycles. The van der Waals surface area contributed by atoms with Gasteiger partial charge in [-0.25, -0.2) is 0 Å². The number of fused-ring (bicyclic) bond motifs is 5. The maximum absolute atomic E-state index is 5.55. The van der Waals surface area contributed by atoms with Crippen molar-refractivity contribution in [2.24, 2.45) is 0 Å². The minimum absolute atomic E-state index is 0.451. The van der Waals surface area contributed by atoms with Gasteiger partial charge in [0.15, 0.2) is 11.5 Å². The molecule has 0 bridgehead atoms. The van der Waals surface area contributed by atoms with E-state index in [-0.39, 0.29) is 0 Å². The molecule has 4 heteroatoms. The van der Waals surface area contributed by atoms with E-state index >= 15 is 0 Å². The first-order chi connectivity index (χ1) is 11.2. The quantitative estimate of drug-likeness (QED) is 0.927. The summed E-state index contributed by atoms with van der Waals surface area (Å²) in [7, 11) is 3.43. The molecule has 2 aromatic rings. The second kappa shape index (κ2) is 5.84. The summed E-state index contributed by atoms with van der Waals surface area (Å²) in [5, 5.41) is 3.76. The molecule has 0 radical (unpaired) electrons. The molecule has 0 amide bonds. The van der Waals surface area contributed by atoms with Crippen LogP contribution in [0.3, 0.4) is 0 Å². The standard InChI is InChI=1S/C19H23NO2S/c1-4-13-7-12-10-20-15-6-5-11-8-16(21-2)17(22-3)9-14(11)18(15)19(12)23-13/h7-9,15,18,20H,4-6,10H2,1-3H3/t15-,18-/m0/s1. The zero-order valence-corrected chi connectivity index (χ0v) is 14.8. The highest BCUT2D eigenvalue weighted by molar-refractivity contribution is 7.12. The van der Waals surface area contributed by atoms with E-state index in [9.17, 15) is 0 Å². The number of hydrogen-bond donors (Lipinski definition) is 1. The Kier molecular flexibility index (Phi) is 3.82. The lowest BCUT2D eigenvalue weighted by atomic mass is 9.75. The Morgan fingerprint density at radius 3 is 2.65 bits per heavy atom. The molecule has 0 saturated heterocycles. The van der Waals surface area contributed by atoms with E-state index in [0.29, 0.717) is 12.0 Å². The number of rotatable bonds is 3. The molecule has 23 heavy (non-hydrogen) atoms. The number of nitrogens with one attached hydrogen (secondary N) is 1. The van der Waals surface area contributed by atoms with Crippen LogP contribution < -0.4 is 14.8 Å². The van der Waals surface area contributed by atoms with Gasteiger partial charge in [0.2, 0.25) is 0 Å². The topological polar surface area (TPSA) is 30.5 Å². The highest BCUT2D eigenvalue weighted by Crippen LogP contribution is 2.47. The Balaban J connectivity index is 1.86. The first kappa shape index (κ1) is 15.0. The van der Waals surface area contributed by atoms with Gasteiger partial charge in [-0.2, -0.15) is 0 Å². The maximum Gasteiger partial charge on any atom is 0.161 e. The van der Waals surface area contributed by atoms with E-state index in [2.05, 4.69) is 30.4 Å². The third-order valence-electron chi connectivity index (χ3n) is 5.19. The van der Waals surface area contributed by atoms with Gasteiger partial charge in [-0.15, -0.1) is 11.3 Å². The van der Waals surface area contributed by atoms with Crippen molar-refractivity contribution >= 4 is 11.3 Å². The number of hydrogen-bond acceptors (Lipinski definition) is 4. The molecule has 1 aromatic carbocycles. The molecule has 1 aliphatic carbocycles. The van der Waals surface area contributed by atoms with Crippen molar-refractivity contribution in [3.8, 4) is 11.5 Å². The lowest BCUT2D eigenvalue weighted by Crippen LogP contribution is -2.41. The summed E-state index contributed by atoms with van der Waals surface area (Å²) in [5.74, 6) is 2.13. The molecule has 122 valence electrons. The normalized spacial score (nSPS) is 22.0. The van der Waals surface area contributed by atoms with Crippen molar-refractivity contribution in [1.82, 2.24) is 5.32 Å². The van der Waals surface area contributed by atoms with Gasteiger partial charge in [0.1, 0.15) is 0 Å². The van der Waals surface area contributed by atoms with Crippen LogP contribution in [0.5, 0.6) is 11.5 Å². The highest BCUT2D eigenvalue weighted by Gasteiger charge is 2.37. The largest absolute Gasteiger partial charge is 0.493 e. The maximum atomic E-state index is 5.55. The SMILES string of the molecule is CCc1cc2c(s1)[C@H]1c3cc(OC)c(OC)cc3CC[C@@H]1NC2. The number of thiophene rings is 1. The van der Waals surface area contributed by atoms with Crippen LogP contribution in [-0.2, 0) is 19.4 Å². The Morgan fingerprint density at radius 2 is 1.91 bits per heavy atom. The lowest BCUT2D eigenvalue weighted by Gasteiger charge is -2.38. The zero-order valence-electron chi connectivity index (χ0n) is 13.9. The van der Waals surface area contributed by atoms with E-state index in [1.165, 1.54) is 28.0 Å². The summed E-state index contributed by atoms with van der Waals surface area (Å²) in [6.07, 6.45) is 3.41. The molecular formula is C19H23NO2S. The Morgan fingerprint density at radius 1 is 1.13 bits per heavy atom. The zero-order chi connectivity index (χ0) is 16.0. The van der Waals surface area contributed by atoms with Gasteiger partial charge in [-0.1, -0.05) is 6.92 Å². The molecule has 1 N–H and O–H groups in total. The van der Waals surface area contributed by atoms with Crippen LogP contribution in [0.1, 0.15) is 45.7 Å². The number of aryl methyl sites for hydroxylation is 2. The van der Waals surface area contributed by atoms with E-state index < -0.39 is 0 Å². The predicted molar refractivity (Wildman–Crippen MR) is 94.0 cm³/mol. The van der Waals surface area contributed by atoms with E-state index in [1.807, 2.05) is 11.3 Å². The van der Waals surface area contributed by atoms with E-state index in [1.54, 1.807) is 19.1 Å². The number of methoxy groups -OCH3 is 2. The third-order valence-corrected chi connectivity index (χ3v) is 6.59. The monoisotopic (exact) mass is 329 g/mol. The first-order valence-electron chi connectivity index (χ1n) is 8.34. The molecule has 0 spiro atoms. The molecule has 0 unspecified atom stereocenters. The highest BCUT2D eigenvalue weighted by atomic mass is 32.1. The predicted octanol–water partition coefficient (Wildman–Crippen LogP) is 3.88. The van der Waals surface area contributed by atoms with Crippen LogP contribution in [0.15, 0.2) is 18.2 Å². The average Bonchev–Trinajstić information content (AvgIpc) is 3.03. The number of benzene rings is 1. The van der Waals surface area contributed by atoms with Crippen LogP contribution in [0.25, 0.3) is 0 Å². The second-order valence-electron chi connectivity index (χ2n) is 6.37. The van der Waals surface area contributed by atoms with Gasteiger partial charge in [0.25, 0.3) is 0 Å². The lowest BCUT2D eigenvalue weighted by molar-refractivity contribution is 0.349. The third kappa shape index (κ3) is 2.36. The summed E-state index contributed by atoms with van der Waals surface area (Å²) in [5.41, 5.74) is 4.30. The smallest absolute Gasteiger partial charge is 0.161 e. The van der Waals surface area contributed by atoms with Crippen molar-refractivity contribution in [3.63, 3.8) is 0 Å². The molecule has 2 aliphatic rings. The molecule has 1 aromatic heterocycles. The molecule has 0 saturated carbocycles. The fourth-order valence-corrected chi connectivity index (χ4v) is 5.31. The van der Waals surface area contributed by atoms with Gasteiger partial charge >= 0.3 is 0 Å². The summed E-state index contributed by atoms with van der Waals surface area (Å²) in [4.78, 5) is 3.05. The summed E-state index contributed by atoms with van der Waals surface area (Å²) in [6.45, 7) is 3.25. The second-order valence-corrected chi connectivity index (χ2v) is 7.53.